The molecule has 1 rings (SSSR count). The summed E-state index contributed by atoms with van der Waals surface area (Å²) in [7, 11) is 0.628. The third kappa shape index (κ3) is 2.98. The second-order valence-corrected chi connectivity index (χ2v) is 6.23. The summed E-state index contributed by atoms with van der Waals surface area (Å²) in [4.78, 5) is 12.6. The fourth-order valence-corrected chi connectivity index (χ4v) is 3.76. The van der Waals surface area contributed by atoms with E-state index in [0.717, 1.165) is 0 Å². The molecule has 0 aromatic carbocycles. The molecule has 0 N–H and O–H groups in total. The summed E-state index contributed by atoms with van der Waals surface area (Å²) >= 11 is 1.23. The summed E-state index contributed by atoms with van der Waals surface area (Å²) in [5.74, 6) is 0. The second kappa shape index (κ2) is 4.94. The molecule has 1 aromatic rings. The van der Waals surface area contributed by atoms with Gasteiger partial charge in [0.2, 0.25) is 0 Å². The number of halogens is 4. The number of aromatic nitrogens is 1. The predicted octanol–water partition coefficient (Wildman–Crippen LogP) is 2.46. The fourth-order valence-electron chi connectivity index (χ4n) is 0.997. The zero-order chi connectivity index (χ0) is 13.4. The minimum Gasteiger partial charge on any atom is -0.258 e. The zero-order valence-corrected chi connectivity index (χ0v) is 11.3. The minimum absolute atomic E-state index is 0.443. The number of rotatable bonds is 3. The van der Waals surface area contributed by atoms with Gasteiger partial charge < -0.3 is 0 Å². The molecule has 0 radical (unpaired) electrons. The van der Waals surface area contributed by atoms with Crippen LogP contribution in [0.2, 0.25) is 0 Å². The first-order valence-electron chi connectivity index (χ1n) is 3.72. The third-order valence-electron chi connectivity index (χ3n) is 1.65. The maximum atomic E-state index is 12.6. The standard InChI is InChI=1S/C6H2ClF2IN2O4S/c7-17(15,16)6-4(10)3(5(8)9)2(1-11-6)12(13)14/h1,5H. The van der Waals surface area contributed by atoms with Gasteiger partial charge in [-0.3, -0.25) is 10.1 Å². The van der Waals surface area contributed by atoms with Gasteiger partial charge in [0, 0.05) is 10.7 Å². The van der Waals surface area contributed by atoms with Crippen molar-refractivity contribution in [3.05, 3.63) is 25.4 Å². The second-order valence-electron chi connectivity index (χ2n) is 2.67. The molecule has 0 saturated carbocycles. The van der Waals surface area contributed by atoms with E-state index in [2.05, 4.69) is 4.98 Å². The summed E-state index contributed by atoms with van der Waals surface area (Å²) in [6, 6.07) is 0. The summed E-state index contributed by atoms with van der Waals surface area (Å²) < 4.78 is 46.7. The molecule has 17 heavy (non-hydrogen) atoms. The lowest BCUT2D eigenvalue weighted by molar-refractivity contribution is -0.386. The average molecular weight is 399 g/mol. The van der Waals surface area contributed by atoms with Crippen LogP contribution in [0.3, 0.4) is 0 Å². The summed E-state index contributed by atoms with van der Waals surface area (Å²) in [6.45, 7) is 0. The largest absolute Gasteiger partial charge is 0.297 e. The number of hydrogen-bond donors (Lipinski definition) is 0. The molecule has 11 heteroatoms. The highest BCUT2D eigenvalue weighted by atomic mass is 127. The van der Waals surface area contributed by atoms with E-state index >= 15 is 0 Å². The molecule has 94 valence electrons. The van der Waals surface area contributed by atoms with E-state index in [0.29, 0.717) is 6.20 Å². The van der Waals surface area contributed by atoms with E-state index < -0.39 is 40.2 Å². The lowest BCUT2D eigenvalue weighted by Gasteiger charge is -2.06. The Kier molecular flexibility index (Phi) is 4.19. The van der Waals surface area contributed by atoms with E-state index in [9.17, 15) is 27.3 Å². The molecule has 1 heterocycles. The van der Waals surface area contributed by atoms with E-state index in [1.807, 2.05) is 0 Å². The summed E-state index contributed by atoms with van der Waals surface area (Å²) in [6.07, 6.45) is -2.76. The van der Waals surface area contributed by atoms with Crippen molar-refractivity contribution in [1.82, 2.24) is 4.98 Å². The topological polar surface area (TPSA) is 90.2 Å². The highest BCUT2D eigenvalue weighted by Crippen LogP contribution is 2.35. The van der Waals surface area contributed by atoms with E-state index in [1.54, 1.807) is 0 Å². The third-order valence-corrected chi connectivity index (χ3v) is 4.32. The van der Waals surface area contributed by atoms with Gasteiger partial charge in [-0.15, -0.1) is 0 Å². The van der Waals surface area contributed by atoms with Crippen LogP contribution in [-0.4, -0.2) is 18.3 Å². The first-order valence-corrected chi connectivity index (χ1v) is 7.10. The Hall–Kier alpha value is -0.620. The van der Waals surface area contributed by atoms with Crippen LogP contribution in [-0.2, 0) is 9.05 Å². The highest BCUT2D eigenvalue weighted by molar-refractivity contribution is 14.1. The maximum absolute atomic E-state index is 12.6. The van der Waals surface area contributed by atoms with Crippen molar-refractivity contribution in [1.29, 1.82) is 0 Å². The first-order chi connectivity index (χ1) is 7.66. The van der Waals surface area contributed by atoms with Crippen LogP contribution in [0.5, 0.6) is 0 Å². The van der Waals surface area contributed by atoms with Crippen molar-refractivity contribution in [3.63, 3.8) is 0 Å². The molecule has 0 unspecified atom stereocenters. The molecule has 0 aliphatic rings. The van der Waals surface area contributed by atoms with E-state index in [4.69, 9.17) is 10.7 Å². The van der Waals surface area contributed by atoms with Crippen molar-refractivity contribution in [2.75, 3.05) is 0 Å². The van der Waals surface area contributed by atoms with Crippen LogP contribution < -0.4 is 0 Å². The van der Waals surface area contributed by atoms with Crippen molar-refractivity contribution in [3.8, 4) is 0 Å². The van der Waals surface area contributed by atoms with Crippen LogP contribution in [0.25, 0.3) is 0 Å². The summed E-state index contributed by atoms with van der Waals surface area (Å²) in [5, 5.41) is 9.67. The first kappa shape index (κ1) is 14.4. The smallest absolute Gasteiger partial charge is 0.258 e. The van der Waals surface area contributed by atoms with Crippen molar-refractivity contribution < 1.29 is 22.1 Å². The average Bonchev–Trinajstić information content (AvgIpc) is 2.13. The number of nitrogens with zero attached hydrogens (tertiary/aromatic N) is 2. The maximum Gasteiger partial charge on any atom is 0.297 e. The van der Waals surface area contributed by atoms with Gasteiger partial charge in [0.25, 0.3) is 21.2 Å². The number of pyridine rings is 1. The summed E-state index contributed by atoms with van der Waals surface area (Å²) in [5.41, 5.74) is -1.96. The number of alkyl halides is 2. The van der Waals surface area contributed by atoms with Crippen molar-refractivity contribution >= 4 is 48.0 Å². The Labute approximate surface area is 112 Å². The highest BCUT2D eigenvalue weighted by Gasteiger charge is 2.31. The Balaban J connectivity index is 3.67. The van der Waals surface area contributed by atoms with Crippen molar-refractivity contribution in [2.45, 2.75) is 11.5 Å². The predicted molar refractivity (Wildman–Crippen MR) is 61.6 cm³/mol. The van der Waals surface area contributed by atoms with Gasteiger partial charge in [0.15, 0.2) is 5.03 Å². The molecule has 0 atom stereocenters. The normalized spacial score (nSPS) is 11.8. The quantitative estimate of drug-likeness (QED) is 0.338. The van der Waals surface area contributed by atoms with Gasteiger partial charge in [-0.2, -0.15) is 0 Å². The molecular formula is C6H2ClF2IN2O4S. The van der Waals surface area contributed by atoms with Gasteiger partial charge in [0.05, 0.1) is 8.49 Å². The molecule has 0 aliphatic heterocycles. The SMILES string of the molecule is O=[N+]([O-])c1cnc(S(=O)(=O)Cl)c(I)c1C(F)F. The van der Waals surface area contributed by atoms with Gasteiger partial charge >= 0.3 is 0 Å². The Morgan fingerprint density at radius 1 is 1.53 bits per heavy atom. The van der Waals surface area contributed by atoms with Crippen LogP contribution >= 0.6 is 33.3 Å². The van der Waals surface area contributed by atoms with Crippen molar-refractivity contribution in [2.24, 2.45) is 0 Å². The molecular weight excluding hydrogens is 396 g/mol. The molecule has 0 bridgehead atoms. The molecule has 0 saturated heterocycles. The monoisotopic (exact) mass is 398 g/mol. The molecule has 1 aromatic heterocycles. The van der Waals surface area contributed by atoms with Crippen LogP contribution in [0.15, 0.2) is 11.2 Å². The lowest BCUT2D eigenvalue weighted by atomic mass is 10.2. The molecule has 0 fully saturated rings. The van der Waals surface area contributed by atoms with E-state index in [1.165, 1.54) is 22.6 Å². The van der Waals surface area contributed by atoms with Gasteiger partial charge in [-0.05, 0) is 22.6 Å². The fraction of sp³-hybridized carbons (Fsp3) is 0.167. The lowest BCUT2D eigenvalue weighted by Crippen LogP contribution is -2.06. The van der Waals surface area contributed by atoms with Gasteiger partial charge in [-0.25, -0.2) is 22.2 Å². The molecule has 0 amide bonds. The van der Waals surface area contributed by atoms with Gasteiger partial charge in [0.1, 0.15) is 11.8 Å². The van der Waals surface area contributed by atoms with Crippen LogP contribution in [0.1, 0.15) is 12.0 Å². The van der Waals surface area contributed by atoms with E-state index in [-0.39, 0.29) is 0 Å². The molecule has 6 nitrogen and oxygen atoms in total. The number of nitro groups is 1. The molecule has 0 aliphatic carbocycles. The Bertz CT molecular complexity index is 580. The minimum atomic E-state index is -4.33. The van der Waals surface area contributed by atoms with Gasteiger partial charge in [-0.1, -0.05) is 0 Å². The Morgan fingerprint density at radius 3 is 2.41 bits per heavy atom. The van der Waals surface area contributed by atoms with Crippen LogP contribution in [0, 0.1) is 13.7 Å². The Morgan fingerprint density at radius 2 is 2.06 bits per heavy atom. The molecule has 0 spiro atoms. The zero-order valence-electron chi connectivity index (χ0n) is 7.60. The van der Waals surface area contributed by atoms with Crippen LogP contribution in [0.4, 0.5) is 14.5 Å². The number of hydrogen-bond acceptors (Lipinski definition) is 5.